The molecule has 1 aliphatic rings. The third kappa shape index (κ3) is 3.43. The molecule has 1 amide bonds. The normalized spacial score (nSPS) is 17.7. The molecular weight excluding hydrogens is 317 g/mol. The lowest BCUT2D eigenvalue weighted by Gasteiger charge is -2.34. The maximum atomic E-state index is 13.0. The van der Waals surface area contributed by atoms with Crippen molar-refractivity contribution >= 4 is 11.9 Å². The predicted molar refractivity (Wildman–Crippen MR) is 81.9 cm³/mol. The summed E-state index contributed by atoms with van der Waals surface area (Å²) in [5.41, 5.74) is 1.45. The summed E-state index contributed by atoms with van der Waals surface area (Å²) in [6.07, 6.45) is -0.176. The molecule has 1 saturated heterocycles. The lowest BCUT2D eigenvalue weighted by atomic mass is 10.1. The molecule has 1 fully saturated rings. The second kappa shape index (κ2) is 6.79. The van der Waals surface area contributed by atoms with Gasteiger partial charge in [0.2, 0.25) is 0 Å². The number of benzene rings is 1. The minimum atomic E-state index is -0.986. The maximum Gasteiger partial charge on any atom is 0.305 e. The number of rotatable bonds is 4. The third-order valence-corrected chi connectivity index (χ3v) is 3.85. The molecule has 0 spiro atoms. The zero-order chi connectivity index (χ0) is 17.1. The highest BCUT2D eigenvalue weighted by Gasteiger charge is 2.30. The van der Waals surface area contributed by atoms with Gasteiger partial charge in [0.25, 0.3) is 5.91 Å². The molecule has 1 aromatic heterocycles. The molecule has 2 N–H and O–H groups in total. The number of hydrogen-bond acceptors (Lipinski definition) is 4. The quantitative estimate of drug-likeness (QED) is 0.885. The van der Waals surface area contributed by atoms with Gasteiger partial charge in [-0.25, -0.2) is 4.39 Å². The number of H-pyrrole nitrogens is 1. The number of aromatic nitrogens is 2. The van der Waals surface area contributed by atoms with Gasteiger partial charge in [0.1, 0.15) is 11.5 Å². The number of morpholine rings is 1. The lowest BCUT2D eigenvalue weighted by Crippen LogP contribution is -2.49. The van der Waals surface area contributed by atoms with Crippen LogP contribution in [0.4, 0.5) is 4.39 Å². The van der Waals surface area contributed by atoms with E-state index in [0.29, 0.717) is 24.4 Å². The number of halogens is 1. The van der Waals surface area contributed by atoms with Crippen LogP contribution in [0, 0.1) is 5.82 Å². The standard InChI is InChI=1S/C16H16FN3O4/c17-11-3-1-10(2-4-11)13-8-14(19-18-13)16(23)20-5-6-24-9-12(20)7-15(21)22/h1-4,8,12H,5-7,9H2,(H,18,19)(H,21,22). The molecule has 0 radical (unpaired) electrons. The molecule has 3 rings (SSSR count). The highest BCUT2D eigenvalue weighted by Crippen LogP contribution is 2.20. The van der Waals surface area contributed by atoms with Gasteiger partial charge in [-0.1, -0.05) is 0 Å². The van der Waals surface area contributed by atoms with Crippen LogP contribution in [-0.4, -0.2) is 57.9 Å². The second-order valence-corrected chi connectivity index (χ2v) is 5.50. The van der Waals surface area contributed by atoms with Gasteiger partial charge in [-0.2, -0.15) is 5.10 Å². The maximum absolute atomic E-state index is 13.0. The van der Waals surface area contributed by atoms with Gasteiger partial charge in [-0.15, -0.1) is 0 Å². The van der Waals surface area contributed by atoms with E-state index in [1.54, 1.807) is 18.2 Å². The van der Waals surface area contributed by atoms with Gasteiger partial charge in [0, 0.05) is 12.1 Å². The van der Waals surface area contributed by atoms with Crippen LogP contribution >= 0.6 is 0 Å². The largest absolute Gasteiger partial charge is 0.481 e. The molecule has 7 nitrogen and oxygen atoms in total. The molecule has 126 valence electrons. The Balaban J connectivity index is 1.79. The highest BCUT2D eigenvalue weighted by molar-refractivity contribution is 5.94. The van der Waals surface area contributed by atoms with Gasteiger partial charge in [0.15, 0.2) is 0 Å². The van der Waals surface area contributed by atoms with E-state index in [0.717, 1.165) is 0 Å². The van der Waals surface area contributed by atoms with Crippen molar-refractivity contribution in [3.63, 3.8) is 0 Å². The molecule has 0 saturated carbocycles. The molecule has 1 atom stereocenters. The van der Waals surface area contributed by atoms with Crippen molar-refractivity contribution in [3.05, 3.63) is 41.8 Å². The molecule has 0 bridgehead atoms. The second-order valence-electron chi connectivity index (χ2n) is 5.50. The molecule has 1 aliphatic heterocycles. The van der Waals surface area contributed by atoms with Crippen LogP contribution < -0.4 is 0 Å². The summed E-state index contributed by atoms with van der Waals surface area (Å²) in [4.78, 5) is 25.1. The van der Waals surface area contributed by atoms with Crippen LogP contribution in [0.3, 0.4) is 0 Å². The summed E-state index contributed by atoms with van der Waals surface area (Å²) < 4.78 is 18.2. The minimum Gasteiger partial charge on any atom is -0.481 e. The first kappa shape index (κ1) is 16.1. The summed E-state index contributed by atoms with van der Waals surface area (Å²) in [5, 5.41) is 15.7. The van der Waals surface area contributed by atoms with Crippen LogP contribution in [0.25, 0.3) is 11.3 Å². The zero-order valence-corrected chi connectivity index (χ0v) is 12.7. The number of carboxylic acids is 1. The first-order chi connectivity index (χ1) is 11.5. The number of aliphatic carboxylic acids is 1. The van der Waals surface area contributed by atoms with Crippen LogP contribution in [0.2, 0.25) is 0 Å². The molecule has 1 unspecified atom stereocenters. The van der Waals surface area contributed by atoms with Crippen molar-refractivity contribution in [2.75, 3.05) is 19.8 Å². The number of nitrogens with one attached hydrogen (secondary N) is 1. The van der Waals surface area contributed by atoms with Gasteiger partial charge < -0.3 is 14.7 Å². The van der Waals surface area contributed by atoms with Crippen LogP contribution in [0.15, 0.2) is 30.3 Å². The smallest absolute Gasteiger partial charge is 0.305 e. The number of aromatic amines is 1. The SMILES string of the molecule is O=C(O)CC1COCCN1C(=O)c1cc(-c2ccc(F)cc2)n[nH]1. The molecule has 1 aromatic carbocycles. The Morgan fingerprint density at radius 1 is 1.38 bits per heavy atom. The highest BCUT2D eigenvalue weighted by atomic mass is 19.1. The van der Waals surface area contributed by atoms with E-state index in [-0.39, 0.29) is 30.4 Å². The van der Waals surface area contributed by atoms with E-state index in [2.05, 4.69) is 10.2 Å². The number of hydrogen-bond donors (Lipinski definition) is 2. The van der Waals surface area contributed by atoms with E-state index in [1.165, 1.54) is 17.0 Å². The Morgan fingerprint density at radius 3 is 2.83 bits per heavy atom. The molecule has 24 heavy (non-hydrogen) atoms. The Labute approximate surface area is 137 Å². The lowest BCUT2D eigenvalue weighted by molar-refractivity contribution is -0.139. The molecule has 2 heterocycles. The number of amides is 1. The van der Waals surface area contributed by atoms with E-state index < -0.39 is 12.0 Å². The number of carbonyl (C=O) groups excluding carboxylic acids is 1. The van der Waals surface area contributed by atoms with Crippen LogP contribution in [-0.2, 0) is 9.53 Å². The summed E-state index contributed by atoms with van der Waals surface area (Å²) in [6.45, 7) is 0.874. The topological polar surface area (TPSA) is 95.5 Å². The Bertz CT molecular complexity index is 744. The van der Waals surface area contributed by atoms with Crippen LogP contribution in [0.5, 0.6) is 0 Å². The number of nitrogens with zero attached hydrogens (tertiary/aromatic N) is 2. The summed E-state index contributed by atoms with van der Waals surface area (Å²) in [7, 11) is 0. The number of carboxylic acid groups (broad SMARTS) is 1. The summed E-state index contributed by atoms with van der Waals surface area (Å²) in [6, 6.07) is 6.83. The summed E-state index contributed by atoms with van der Waals surface area (Å²) >= 11 is 0. The van der Waals surface area contributed by atoms with Crippen LogP contribution in [0.1, 0.15) is 16.9 Å². The zero-order valence-electron chi connectivity index (χ0n) is 12.7. The fourth-order valence-electron chi connectivity index (χ4n) is 2.65. The Morgan fingerprint density at radius 2 is 2.12 bits per heavy atom. The number of ether oxygens (including phenoxy) is 1. The molecular formula is C16H16FN3O4. The van der Waals surface area contributed by atoms with E-state index in [9.17, 15) is 14.0 Å². The van der Waals surface area contributed by atoms with Gasteiger partial charge in [-0.3, -0.25) is 14.7 Å². The average molecular weight is 333 g/mol. The van der Waals surface area contributed by atoms with Gasteiger partial charge in [-0.05, 0) is 30.3 Å². The van der Waals surface area contributed by atoms with E-state index in [1.807, 2.05) is 0 Å². The third-order valence-electron chi connectivity index (χ3n) is 3.85. The first-order valence-corrected chi connectivity index (χ1v) is 7.46. The van der Waals surface area contributed by atoms with E-state index in [4.69, 9.17) is 9.84 Å². The Kier molecular flexibility index (Phi) is 4.57. The van der Waals surface area contributed by atoms with Crippen molar-refractivity contribution in [1.82, 2.24) is 15.1 Å². The first-order valence-electron chi connectivity index (χ1n) is 7.46. The monoisotopic (exact) mass is 333 g/mol. The van der Waals surface area contributed by atoms with Crippen molar-refractivity contribution in [1.29, 1.82) is 0 Å². The molecule has 2 aromatic rings. The van der Waals surface area contributed by atoms with E-state index >= 15 is 0 Å². The fraction of sp³-hybridized carbons (Fsp3) is 0.312. The fourth-order valence-corrected chi connectivity index (χ4v) is 2.65. The van der Waals surface area contributed by atoms with Crippen molar-refractivity contribution < 1.29 is 23.8 Å². The molecule has 8 heteroatoms. The summed E-state index contributed by atoms with van der Waals surface area (Å²) in [5.74, 6) is -1.67. The van der Waals surface area contributed by atoms with Gasteiger partial charge in [0.05, 0.1) is 31.4 Å². The molecule has 0 aliphatic carbocycles. The number of carbonyl (C=O) groups is 2. The Hall–Kier alpha value is -2.74. The van der Waals surface area contributed by atoms with Crippen molar-refractivity contribution in [2.45, 2.75) is 12.5 Å². The predicted octanol–water partition coefficient (Wildman–Crippen LogP) is 1.53. The van der Waals surface area contributed by atoms with Crippen molar-refractivity contribution in [3.8, 4) is 11.3 Å². The minimum absolute atomic E-state index is 0.176. The average Bonchev–Trinajstić information content (AvgIpc) is 3.05. The van der Waals surface area contributed by atoms with Crippen molar-refractivity contribution in [2.24, 2.45) is 0 Å². The van der Waals surface area contributed by atoms with Gasteiger partial charge >= 0.3 is 5.97 Å².